The zero-order valence-corrected chi connectivity index (χ0v) is 13.8. The van der Waals surface area contributed by atoms with Crippen LogP contribution in [-0.4, -0.2) is 38.3 Å². The van der Waals surface area contributed by atoms with Crippen molar-refractivity contribution in [2.45, 2.75) is 31.1 Å². The van der Waals surface area contributed by atoms with Gasteiger partial charge < -0.3 is 5.32 Å². The topological polar surface area (TPSA) is 66.5 Å². The third kappa shape index (κ3) is 3.77. The van der Waals surface area contributed by atoms with Crippen molar-refractivity contribution >= 4 is 27.5 Å². The van der Waals surface area contributed by atoms with Crippen LogP contribution in [0.25, 0.3) is 0 Å². The summed E-state index contributed by atoms with van der Waals surface area (Å²) in [6.07, 6.45) is 2.03. The molecule has 122 valence electrons. The van der Waals surface area contributed by atoms with Crippen molar-refractivity contribution in [3.63, 3.8) is 0 Å². The average Bonchev–Trinajstić information content (AvgIpc) is 2.50. The lowest BCUT2D eigenvalue weighted by Crippen LogP contribution is -2.51. The van der Waals surface area contributed by atoms with E-state index in [1.165, 1.54) is 23.5 Å². The molecule has 1 aliphatic heterocycles. The van der Waals surface area contributed by atoms with Gasteiger partial charge in [-0.2, -0.15) is 4.31 Å². The molecule has 1 fully saturated rings. The molecule has 0 radical (unpaired) electrons. The lowest BCUT2D eigenvalue weighted by atomic mass is 10.0. The molecule has 0 aliphatic carbocycles. The fraction of sp³-hybridized carbons (Fsp3) is 0.500. The minimum absolute atomic E-state index is 0.116. The first-order chi connectivity index (χ1) is 10.3. The predicted molar refractivity (Wildman–Crippen MR) is 82.4 cm³/mol. The molecule has 1 aromatic carbocycles. The molecule has 1 amide bonds. The monoisotopic (exact) mass is 348 g/mol. The highest BCUT2D eigenvalue weighted by atomic mass is 35.5. The molecular formula is C14H18ClFN2O3S. The third-order valence-electron chi connectivity index (χ3n) is 3.69. The van der Waals surface area contributed by atoms with E-state index in [1.807, 2.05) is 0 Å². The van der Waals surface area contributed by atoms with Crippen molar-refractivity contribution in [1.29, 1.82) is 0 Å². The van der Waals surface area contributed by atoms with Gasteiger partial charge in [0.25, 0.3) is 0 Å². The van der Waals surface area contributed by atoms with Gasteiger partial charge in [0, 0.05) is 13.6 Å². The van der Waals surface area contributed by atoms with E-state index in [9.17, 15) is 17.6 Å². The van der Waals surface area contributed by atoms with Gasteiger partial charge in [-0.3, -0.25) is 4.79 Å². The van der Waals surface area contributed by atoms with Gasteiger partial charge >= 0.3 is 0 Å². The van der Waals surface area contributed by atoms with Gasteiger partial charge in [-0.25, -0.2) is 12.8 Å². The van der Waals surface area contributed by atoms with Crippen molar-refractivity contribution in [2.75, 3.05) is 13.6 Å². The van der Waals surface area contributed by atoms with Crippen LogP contribution < -0.4 is 5.32 Å². The molecular weight excluding hydrogens is 331 g/mol. The smallest absolute Gasteiger partial charge is 0.238 e. The summed E-state index contributed by atoms with van der Waals surface area (Å²) in [5.74, 6) is -1.20. The number of carbonyl (C=O) groups excluding carboxylic acids is 1. The lowest BCUT2D eigenvalue weighted by Gasteiger charge is -2.33. The number of hydrogen-bond acceptors (Lipinski definition) is 3. The Morgan fingerprint density at radius 2 is 2.18 bits per heavy atom. The Labute approximate surface area is 134 Å². The van der Waals surface area contributed by atoms with Gasteiger partial charge in [-0.15, -0.1) is 0 Å². The quantitative estimate of drug-likeness (QED) is 0.903. The summed E-state index contributed by atoms with van der Waals surface area (Å²) >= 11 is 5.68. The molecule has 1 atom stereocenters. The van der Waals surface area contributed by atoms with Gasteiger partial charge in [0.05, 0.1) is 10.8 Å². The Morgan fingerprint density at radius 3 is 2.82 bits per heavy atom. The van der Waals surface area contributed by atoms with Crippen LogP contribution in [0.3, 0.4) is 0 Å². The van der Waals surface area contributed by atoms with E-state index in [1.54, 1.807) is 0 Å². The highest BCUT2D eigenvalue weighted by molar-refractivity contribution is 7.88. The Morgan fingerprint density at radius 1 is 1.45 bits per heavy atom. The summed E-state index contributed by atoms with van der Waals surface area (Å²) < 4.78 is 39.6. The van der Waals surface area contributed by atoms with Crippen LogP contribution >= 0.6 is 11.6 Å². The number of rotatable bonds is 4. The minimum atomic E-state index is -3.68. The third-order valence-corrected chi connectivity index (χ3v) is 5.83. The number of carbonyl (C=O) groups is 1. The molecule has 2 rings (SSSR count). The van der Waals surface area contributed by atoms with Gasteiger partial charge in [0.2, 0.25) is 15.9 Å². The van der Waals surface area contributed by atoms with Crippen molar-refractivity contribution < 1.29 is 17.6 Å². The van der Waals surface area contributed by atoms with Crippen LogP contribution in [0.4, 0.5) is 4.39 Å². The summed E-state index contributed by atoms with van der Waals surface area (Å²) in [4.78, 5) is 11.9. The van der Waals surface area contributed by atoms with E-state index >= 15 is 0 Å². The predicted octanol–water partition coefficient (Wildman–Crippen LogP) is 1.91. The summed E-state index contributed by atoms with van der Waals surface area (Å²) in [5.41, 5.74) is 0.396. The highest BCUT2D eigenvalue weighted by Crippen LogP contribution is 2.24. The average molecular weight is 349 g/mol. The summed E-state index contributed by atoms with van der Waals surface area (Å²) in [7, 11) is -2.19. The number of hydrogen-bond donors (Lipinski definition) is 1. The fourth-order valence-electron chi connectivity index (χ4n) is 2.59. The second-order valence-corrected chi connectivity index (χ2v) is 7.57. The maximum atomic E-state index is 13.2. The molecule has 0 saturated carbocycles. The van der Waals surface area contributed by atoms with E-state index in [0.29, 0.717) is 18.5 Å². The number of amides is 1. The summed E-state index contributed by atoms with van der Waals surface area (Å²) in [6, 6.07) is 3.14. The fourth-order valence-corrected chi connectivity index (χ4v) is 4.56. The lowest BCUT2D eigenvalue weighted by molar-refractivity contribution is -0.125. The Kier molecular flexibility index (Phi) is 5.41. The SMILES string of the molecule is CNC(=O)C1CCCCN1S(=O)(=O)Cc1ccc(F)c(Cl)c1. The maximum absolute atomic E-state index is 13.2. The minimum Gasteiger partial charge on any atom is -0.358 e. The van der Waals surface area contributed by atoms with E-state index in [0.717, 1.165) is 18.9 Å². The number of sulfonamides is 1. The van der Waals surface area contributed by atoms with Crippen molar-refractivity contribution in [1.82, 2.24) is 9.62 Å². The zero-order chi connectivity index (χ0) is 16.3. The zero-order valence-electron chi connectivity index (χ0n) is 12.2. The molecule has 5 nitrogen and oxygen atoms in total. The molecule has 1 heterocycles. The second kappa shape index (κ2) is 6.93. The standard InChI is InChI=1S/C14H18ClFN2O3S/c1-17-14(19)13-4-2-3-7-18(13)22(20,21)9-10-5-6-12(16)11(15)8-10/h5-6,8,13H,2-4,7,9H2,1H3,(H,17,19). The summed E-state index contributed by atoms with van der Waals surface area (Å²) in [5, 5.41) is 2.38. The largest absolute Gasteiger partial charge is 0.358 e. The number of likely N-dealkylation sites (N-methyl/N-ethyl adjacent to an activating group) is 1. The van der Waals surface area contributed by atoms with E-state index < -0.39 is 21.9 Å². The molecule has 1 aliphatic rings. The molecule has 0 aromatic heterocycles. The van der Waals surface area contributed by atoms with Crippen molar-refractivity contribution in [2.24, 2.45) is 0 Å². The Bertz CT molecular complexity index is 666. The first-order valence-corrected chi connectivity index (χ1v) is 8.99. The molecule has 22 heavy (non-hydrogen) atoms. The number of nitrogens with zero attached hydrogens (tertiary/aromatic N) is 1. The molecule has 1 N–H and O–H groups in total. The maximum Gasteiger partial charge on any atom is 0.238 e. The van der Waals surface area contributed by atoms with Gasteiger partial charge in [0.15, 0.2) is 0 Å². The van der Waals surface area contributed by atoms with Crippen LogP contribution in [0.2, 0.25) is 5.02 Å². The van der Waals surface area contributed by atoms with Crippen LogP contribution in [0.5, 0.6) is 0 Å². The van der Waals surface area contributed by atoms with E-state index in [2.05, 4.69) is 5.32 Å². The van der Waals surface area contributed by atoms with Crippen LogP contribution in [0.1, 0.15) is 24.8 Å². The normalized spacial score (nSPS) is 19.9. The number of piperidine rings is 1. The van der Waals surface area contributed by atoms with E-state index in [4.69, 9.17) is 11.6 Å². The first-order valence-electron chi connectivity index (χ1n) is 7.00. The number of halogens is 2. The Hall–Kier alpha value is -1.18. The van der Waals surface area contributed by atoms with Gasteiger partial charge in [0.1, 0.15) is 11.9 Å². The molecule has 1 saturated heterocycles. The number of nitrogens with one attached hydrogen (secondary N) is 1. The highest BCUT2D eigenvalue weighted by Gasteiger charge is 2.36. The van der Waals surface area contributed by atoms with Gasteiger partial charge in [-0.1, -0.05) is 24.1 Å². The Balaban J connectivity index is 2.23. The van der Waals surface area contributed by atoms with E-state index in [-0.39, 0.29) is 16.7 Å². The second-order valence-electron chi connectivity index (χ2n) is 5.24. The molecule has 0 spiro atoms. The van der Waals surface area contributed by atoms with Crippen LogP contribution in [0.15, 0.2) is 18.2 Å². The molecule has 0 bridgehead atoms. The van der Waals surface area contributed by atoms with Crippen LogP contribution in [0, 0.1) is 5.82 Å². The number of benzene rings is 1. The van der Waals surface area contributed by atoms with Gasteiger partial charge in [-0.05, 0) is 30.5 Å². The van der Waals surface area contributed by atoms with Crippen molar-refractivity contribution in [3.8, 4) is 0 Å². The van der Waals surface area contributed by atoms with Crippen LogP contribution in [-0.2, 0) is 20.6 Å². The molecule has 8 heteroatoms. The molecule has 1 aromatic rings. The molecule has 1 unspecified atom stereocenters. The summed E-state index contributed by atoms with van der Waals surface area (Å²) in [6.45, 7) is 0.315. The van der Waals surface area contributed by atoms with Crippen molar-refractivity contribution in [3.05, 3.63) is 34.6 Å². The first kappa shape index (κ1) is 17.2.